The van der Waals surface area contributed by atoms with E-state index in [0.717, 1.165) is 16.5 Å². The first-order valence-corrected chi connectivity index (χ1v) is 10.5. The first-order valence-electron chi connectivity index (χ1n) is 10.5. The van der Waals surface area contributed by atoms with Gasteiger partial charge in [0.2, 0.25) is 0 Å². The Bertz CT molecular complexity index is 1170. The SMILES string of the molecule is CCn1c(=O)cc(C)c2ccc(OCC(=O)N3CCN(c4ccccc4F)CC3)cc21. The molecule has 1 amide bonds. The lowest BCUT2D eigenvalue weighted by atomic mass is 10.1. The van der Waals surface area contributed by atoms with Gasteiger partial charge in [-0.2, -0.15) is 0 Å². The molecular formula is C24H26FN3O3. The van der Waals surface area contributed by atoms with Gasteiger partial charge in [-0.3, -0.25) is 9.59 Å². The zero-order chi connectivity index (χ0) is 22.0. The van der Waals surface area contributed by atoms with Gasteiger partial charge in [-0.05, 0) is 43.7 Å². The average Bonchev–Trinajstić information content (AvgIpc) is 2.78. The largest absolute Gasteiger partial charge is 0.484 e. The third-order valence-electron chi connectivity index (χ3n) is 5.79. The van der Waals surface area contributed by atoms with Crippen molar-refractivity contribution >= 4 is 22.5 Å². The number of piperazine rings is 1. The maximum absolute atomic E-state index is 14.0. The minimum absolute atomic E-state index is 0.0477. The van der Waals surface area contributed by atoms with Crippen LogP contribution in [0, 0.1) is 12.7 Å². The predicted octanol–water partition coefficient (Wildman–Crippen LogP) is 3.20. The Morgan fingerprint density at radius 2 is 1.81 bits per heavy atom. The topological polar surface area (TPSA) is 54.8 Å². The Morgan fingerprint density at radius 1 is 1.06 bits per heavy atom. The molecule has 0 unspecified atom stereocenters. The van der Waals surface area contributed by atoms with E-state index in [1.807, 2.05) is 43.0 Å². The van der Waals surface area contributed by atoms with E-state index in [-0.39, 0.29) is 23.9 Å². The summed E-state index contributed by atoms with van der Waals surface area (Å²) in [5, 5.41) is 0.990. The monoisotopic (exact) mass is 423 g/mol. The van der Waals surface area contributed by atoms with E-state index >= 15 is 0 Å². The highest BCUT2D eigenvalue weighted by molar-refractivity contribution is 5.84. The summed E-state index contributed by atoms with van der Waals surface area (Å²) in [7, 11) is 0. The van der Waals surface area contributed by atoms with Crippen molar-refractivity contribution in [3.63, 3.8) is 0 Å². The molecule has 0 aliphatic carbocycles. The molecule has 1 aliphatic heterocycles. The number of aromatic nitrogens is 1. The molecule has 1 aliphatic rings. The van der Waals surface area contributed by atoms with E-state index in [9.17, 15) is 14.0 Å². The molecule has 0 N–H and O–H groups in total. The summed E-state index contributed by atoms with van der Waals surface area (Å²) >= 11 is 0. The van der Waals surface area contributed by atoms with Gasteiger partial charge in [0.15, 0.2) is 6.61 Å². The summed E-state index contributed by atoms with van der Waals surface area (Å²) in [5.74, 6) is 0.200. The van der Waals surface area contributed by atoms with Gasteiger partial charge in [-0.15, -0.1) is 0 Å². The van der Waals surface area contributed by atoms with Crippen molar-refractivity contribution in [3.05, 3.63) is 70.3 Å². The summed E-state index contributed by atoms with van der Waals surface area (Å²) in [6, 6.07) is 13.9. The molecule has 6 nitrogen and oxygen atoms in total. The lowest BCUT2D eigenvalue weighted by molar-refractivity contribution is -0.133. The highest BCUT2D eigenvalue weighted by Crippen LogP contribution is 2.23. The standard InChI is InChI=1S/C24H26FN3O3/c1-3-28-22-15-18(8-9-19(22)17(2)14-23(28)29)31-16-24(30)27-12-10-26(11-13-27)21-7-5-4-6-20(21)25/h4-9,14-15H,3,10-13,16H2,1-2H3. The molecular weight excluding hydrogens is 397 g/mol. The molecule has 1 fully saturated rings. The number of rotatable bonds is 5. The van der Waals surface area contributed by atoms with Crippen molar-refractivity contribution in [1.82, 2.24) is 9.47 Å². The molecule has 1 aromatic heterocycles. The molecule has 4 rings (SSSR count). The van der Waals surface area contributed by atoms with Crippen LogP contribution in [0.15, 0.2) is 53.3 Å². The molecule has 2 heterocycles. The van der Waals surface area contributed by atoms with E-state index in [2.05, 4.69) is 0 Å². The van der Waals surface area contributed by atoms with Crippen LogP contribution in [0.4, 0.5) is 10.1 Å². The smallest absolute Gasteiger partial charge is 0.260 e. The number of nitrogens with zero attached hydrogens (tertiary/aromatic N) is 3. The molecule has 2 aromatic carbocycles. The predicted molar refractivity (Wildman–Crippen MR) is 119 cm³/mol. The first-order chi connectivity index (χ1) is 15.0. The highest BCUT2D eigenvalue weighted by atomic mass is 19.1. The minimum atomic E-state index is -0.247. The number of fused-ring (bicyclic) bond motifs is 1. The Kier molecular flexibility index (Phi) is 5.93. The van der Waals surface area contributed by atoms with Crippen LogP contribution in [0.1, 0.15) is 12.5 Å². The van der Waals surface area contributed by atoms with Gasteiger partial charge in [0.1, 0.15) is 11.6 Å². The summed E-state index contributed by atoms with van der Waals surface area (Å²) in [6.45, 7) is 6.50. The lowest BCUT2D eigenvalue weighted by Gasteiger charge is -2.36. The number of anilines is 1. The highest BCUT2D eigenvalue weighted by Gasteiger charge is 2.23. The molecule has 0 spiro atoms. The van der Waals surface area contributed by atoms with Crippen molar-refractivity contribution in [3.8, 4) is 5.75 Å². The third kappa shape index (κ3) is 4.26. The van der Waals surface area contributed by atoms with E-state index < -0.39 is 0 Å². The zero-order valence-electron chi connectivity index (χ0n) is 17.8. The fourth-order valence-electron chi connectivity index (χ4n) is 4.09. The summed E-state index contributed by atoms with van der Waals surface area (Å²) < 4.78 is 21.4. The molecule has 0 radical (unpaired) electrons. The lowest BCUT2D eigenvalue weighted by Crippen LogP contribution is -2.50. The molecule has 7 heteroatoms. The first kappa shape index (κ1) is 20.9. The Hall–Kier alpha value is -3.35. The Morgan fingerprint density at radius 3 is 2.52 bits per heavy atom. The number of carbonyl (C=O) groups excluding carboxylic acids is 1. The van der Waals surface area contributed by atoms with Crippen molar-refractivity contribution in [2.45, 2.75) is 20.4 Å². The van der Waals surface area contributed by atoms with Crippen LogP contribution in [0.25, 0.3) is 10.9 Å². The molecule has 162 valence electrons. The van der Waals surface area contributed by atoms with Crippen LogP contribution in [0.2, 0.25) is 0 Å². The van der Waals surface area contributed by atoms with Crippen LogP contribution < -0.4 is 15.2 Å². The fourth-order valence-corrected chi connectivity index (χ4v) is 4.09. The zero-order valence-corrected chi connectivity index (χ0v) is 17.8. The number of benzene rings is 2. The number of carbonyl (C=O) groups is 1. The van der Waals surface area contributed by atoms with Crippen molar-refractivity contribution in [2.75, 3.05) is 37.7 Å². The fraction of sp³-hybridized carbons (Fsp3) is 0.333. The maximum atomic E-state index is 14.0. The number of hydrogen-bond donors (Lipinski definition) is 0. The number of para-hydroxylation sites is 1. The number of aryl methyl sites for hydroxylation is 2. The Labute approximate surface area is 180 Å². The van der Waals surface area contributed by atoms with Gasteiger partial charge in [0.05, 0.1) is 11.2 Å². The molecule has 0 saturated carbocycles. The van der Waals surface area contributed by atoms with E-state index in [1.54, 1.807) is 27.7 Å². The van der Waals surface area contributed by atoms with Gasteiger partial charge in [0.25, 0.3) is 11.5 Å². The van der Waals surface area contributed by atoms with Gasteiger partial charge >= 0.3 is 0 Å². The molecule has 1 saturated heterocycles. The summed E-state index contributed by atoms with van der Waals surface area (Å²) in [5.41, 5.74) is 2.24. The van der Waals surface area contributed by atoms with Crippen LogP contribution in [-0.2, 0) is 11.3 Å². The second-order valence-corrected chi connectivity index (χ2v) is 7.70. The van der Waals surface area contributed by atoms with E-state index in [1.165, 1.54) is 6.07 Å². The Balaban J connectivity index is 1.40. The second-order valence-electron chi connectivity index (χ2n) is 7.70. The molecule has 0 atom stereocenters. The molecule has 0 bridgehead atoms. The van der Waals surface area contributed by atoms with Crippen LogP contribution in [0.5, 0.6) is 5.75 Å². The van der Waals surface area contributed by atoms with Crippen LogP contribution >= 0.6 is 0 Å². The second kappa shape index (κ2) is 8.79. The van der Waals surface area contributed by atoms with Gasteiger partial charge in [0, 0.05) is 50.2 Å². The van der Waals surface area contributed by atoms with Gasteiger partial charge in [-0.1, -0.05) is 12.1 Å². The average molecular weight is 423 g/mol. The quantitative estimate of drug-likeness (QED) is 0.633. The van der Waals surface area contributed by atoms with Crippen LogP contribution in [0.3, 0.4) is 0 Å². The third-order valence-corrected chi connectivity index (χ3v) is 5.79. The summed E-state index contributed by atoms with van der Waals surface area (Å²) in [4.78, 5) is 28.6. The van der Waals surface area contributed by atoms with Crippen molar-refractivity contribution in [2.24, 2.45) is 0 Å². The minimum Gasteiger partial charge on any atom is -0.484 e. The number of hydrogen-bond acceptors (Lipinski definition) is 4. The van der Waals surface area contributed by atoms with Gasteiger partial charge in [-0.25, -0.2) is 4.39 Å². The van der Waals surface area contributed by atoms with Gasteiger partial charge < -0.3 is 19.1 Å². The molecule has 3 aromatic rings. The van der Waals surface area contributed by atoms with Crippen molar-refractivity contribution in [1.29, 1.82) is 0 Å². The van der Waals surface area contributed by atoms with Crippen molar-refractivity contribution < 1.29 is 13.9 Å². The van der Waals surface area contributed by atoms with E-state index in [0.29, 0.717) is 44.2 Å². The normalized spacial score (nSPS) is 14.2. The van der Waals surface area contributed by atoms with Crippen LogP contribution in [-0.4, -0.2) is 48.2 Å². The number of ether oxygens (including phenoxy) is 1. The number of amides is 1. The number of halogens is 1. The summed E-state index contributed by atoms with van der Waals surface area (Å²) in [6.07, 6.45) is 0. The molecule has 31 heavy (non-hydrogen) atoms. The van der Waals surface area contributed by atoms with E-state index in [4.69, 9.17) is 4.74 Å². The maximum Gasteiger partial charge on any atom is 0.260 e. The number of pyridine rings is 1.